The second-order valence-electron chi connectivity index (χ2n) is 2.96. The van der Waals surface area contributed by atoms with Gasteiger partial charge in [0.25, 0.3) is 5.69 Å². The number of rotatable bonds is 4. The van der Waals surface area contributed by atoms with Crippen molar-refractivity contribution < 1.29 is 13.3 Å². The van der Waals surface area contributed by atoms with Gasteiger partial charge in [0.15, 0.2) is 0 Å². The summed E-state index contributed by atoms with van der Waals surface area (Å²) in [5.41, 5.74) is 0.228. The van der Waals surface area contributed by atoms with E-state index >= 15 is 0 Å². The molecule has 0 heterocycles. The topological polar surface area (TPSA) is 80.5 Å². The number of non-ortho nitro benzene ring substituents is 1. The lowest BCUT2D eigenvalue weighted by molar-refractivity contribution is -0.384. The van der Waals surface area contributed by atoms with E-state index in [0.29, 0.717) is 5.69 Å². The third-order valence-corrected chi connectivity index (χ3v) is 4.13. The van der Waals surface area contributed by atoms with Crippen molar-refractivity contribution in [3.05, 3.63) is 34.4 Å². The van der Waals surface area contributed by atoms with Crippen molar-refractivity contribution in [2.45, 2.75) is 0 Å². The van der Waals surface area contributed by atoms with Crippen molar-refractivity contribution >= 4 is 33.0 Å². The highest BCUT2D eigenvalue weighted by Crippen LogP contribution is 2.20. The minimum Gasteiger partial charge on any atom is -0.272 e. The number of anilines is 1. The molecule has 0 saturated carbocycles. The Morgan fingerprint density at radius 3 is 2.25 bits per heavy atom. The molecule has 0 aromatic heterocycles. The molecule has 0 unspecified atom stereocenters. The van der Waals surface area contributed by atoms with Gasteiger partial charge in [0.05, 0.1) is 10.6 Å². The molecule has 6 nitrogen and oxygen atoms in total. The van der Waals surface area contributed by atoms with E-state index in [1.807, 2.05) is 0 Å². The SMILES string of the molecule is CN(c1ccc([N+](=O)[O-])cc1)S(=O)(=O)CCl. The highest BCUT2D eigenvalue weighted by Gasteiger charge is 2.17. The minimum absolute atomic E-state index is 0.0968. The van der Waals surface area contributed by atoms with Crippen LogP contribution >= 0.6 is 11.6 Å². The Balaban J connectivity index is 3.03. The Labute approximate surface area is 97.6 Å². The maximum absolute atomic E-state index is 11.4. The fourth-order valence-corrected chi connectivity index (χ4v) is 2.05. The first-order valence-electron chi connectivity index (χ1n) is 4.15. The van der Waals surface area contributed by atoms with Crippen LogP contribution in [0.4, 0.5) is 11.4 Å². The largest absolute Gasteiger partial charge is 0.272 e. The van der Waals surface area contributed by atoms with Gasteiger partial charge in [-0.2, -0.15) is 0 Å². The number of sulfonamides is 1. The van der Waals surface area contributed by atoms with Gasteiger partial charge in [-0.15, -0.1) is 11.6 Å². The van der Waals surface area contributed by atoms with Crippen LogP contribution in [-0.2, 0) is 10.0 Å². The molecule has 0 atom stereocenters. The Hall–Kier alpha value is -1.34. The number of halogens is 1. The van der Waals surface area contributed by atoms with Crippen molar-refractivity contribution in [1.29, 1.82) is 0 Å². The lowest BCUT2D eigenvalue weighted by atomic mass is 10.3. The highest BCUT2D eigenvalue weighted by molar-refractivity contribution is 7.93. The van der Waals surface area contributed by atoms with Crippen LogP contribution in [0.2, 0.25) is 0 Å². The standard InChI is InChI=1S/C8H9ClN2O4S/c1-10(16(14,15)6-9)7-2-4-8(5-3-7)11(12)13/h2-5H,6H2,1H3. The Morgan fingerprint density at radius 1 is 1.38 bits per heavy atom. The molecule has 0 aliphatic carbocycles. The number of alkyl halides is 1. The Kier molecular flexibility index (Phi) is 3.71. The molecule has 16 heavy (non-hydrogen) atoms. The smallest absolute Gasteiger partial charge is 0.269 e. The summed E-state index contributed by atoms with van der Waals surface area (Å²) in [6.45, 7) is 0. The number of nitro benzene ring substituents is 1. The van der Waals surface area contributed by atoms with Crippen LogP contribution in [0.3, 0.4) is 0 Å². The molecular formula is C8H9ClN2O4S. The maximum Gasteiger partial charge on any atom is 0.269 e. The molecule has 1 aromatic carbocycles. The van der Waals surface area contributed by atoms with Gasteiger partial charge in [0.1, 0.15) is 5.21 Å². The zero-order valence-electron chi connectivity index (χ0n) is 8.33. The van der Waals surface area contributed by atoms with Gasteiger partial charge in [-0.1, -0.05) is 0 Å². The molecule has 88 valence electrons. The zero-order chi connectivity index (χ0) is 12.3. The zero-order valence-corrected chi connectivity index (χ0v) is 9.90. The molecule has 0 amide bonds. The van der Waals surface area contributed by atoms with Crippen molar-refractivity contribution in [2.24, 2.45) is 0 Å². The van der Waals surface area contributed by atoms with Crippen LogP contribution in [0.1, 0.15) is 0 Å². The van der Waals surface area contributed by atoms with Crippen LogP contribution in [0.15, 0.2) is 24.3 Å². The predicted octanol–water partition coefficient (Wildman–Crippen LogP) is 1.56. The van der Waals surface area contributed by atoms with Gasteiger partial charge in [0, 0.05) is 19.2 Å². The summed E-state index contributed by atoms with van der Waals surface area (Å²) in [5.74, 6) is 0. The molecule has 0 aliphatic heterocycles. The molecule has 0 saturated heterocycles. The van der Waals surface area contributed by atoms with Crippen LogP contribution in [0.5, 0.6) is 0 Å². The van der Waals surface area contributed by atoms with Crippen LogP contribution in [0, 0.1) is 10.1 Å². The van der Waals surface area contributed by atoms with E-state index in [2.05, 4.69) is 0 Å². The Bertz CT molecular complexity index is 485. The van der Waals surface area contributed by atoms with Crippen LogP contribution in [-0.4, -0.2) is 25.6 Å². The lowest BCUT2D eigenvalue weighted by Crippen LogP contribution is -2.27. The fourth-order valence-electron chi connectivity index (χ4n) is 1.02. The molecule has 0 fully saturated rings. The summed E-state index contributed by atoms with van der Waals surface area (Å²) in [7, 11) is -2.22. The second-order valence-corrected chi connectivity index (χ2v) is 5.55. The molecule has 1 aromatic rings. The van der Waals surface area contributed by atoms with Gasteiger partial charge in [-0.3, -0.25) is 14.4 Å². The van der Waals surface area contributed by atoms with Crippen LogP contribution < -0.4 is 4.31 Å². The van der Waals surface area contributed by atoms with Gasteiger partial charge < -0.3 is 0 Å². The number of nitrogens with zero attached hydrogens (tertiary/aromatic N) is 2. The maximum atomic E-state index is 11.4. The number of benzene rings is 1. The number of nitro groups is 1. The van der Waals surface area contributed by atoms with Crippen molar-refractivity contribution in [1.82, 2.24) is 0 Å². The van der Waals surface area contributed by atoms with E-state index in [4.69, 9.17) is 11.6 Å². The van der Waals surface area contributed by atoms with E-state index < -0.39 is 20.2 Å². The number of hydrogen-bond donors (Lipinski definition) is 0. The van der Waals surface area contributed by atoms with E-state index in [9.17, 15) is 18.5 Å². The Morgan fingerprint density at radius 2 is 1.88 bits per heavy atom. The average Bonchev–Trinajstić information content (AvgIpc) is 2.28. The third-order valence-electron chi connectivity index (χ3n) is 1.98. The monoisotopic (exact) mass is 264 g/mol. The van der Waals surface area contributed by atoms with Crippen molar-refractivity contribution in [2.75, 3.05) is 16.6 Å². The van der Waals surface area contributed by atoms with Gasteiger partial charge in [-0.05, 0) is 12.1 Å². The highest BCUT2D eigenvalue weighted by atomic mass is 35.5. The minimum atomic E-state index is -3.56. The summed E-state index contributed by atoms with van der Waals surface area (Å²) in [5, 5.41) is 9.85. The summed E-state index contributed by atoms with van der Waals surface area (Å²) in [6, 6.07) is 5.16. The molecule has 0 spiro atoms. The molecule has 1 rings (SSSR count). The van der Waals surface area contributed by atoms with E-state index in [0.717, 1.165) is 4.31 Å². The number of hydrogen-bond acceptors (Lipinski definition) is 4. The van der Waals surface area contributed by atoms with Crippen molar-refractivity contribution in [3.63, 3.8) is 0 Å². The summed E-state index contributed by atoms with van der Waals surface area (Å²) in [6.07, 6.45) is 0. The van der Waals surface area contributed by atoms with Crippen molar-refractivity contribution in [3.8, 4) is 0 Å². The average molecular weight is 265 g/mol. The molecule has 0 bridgehead atoms. The molecule has 8 heteroatoms. The van der Waals surface area contributed by atoms with E-state index in [1.165, 1.54) is 31.3 Å². The molecule has 0 radical (unpaired) electrons. The lowest BCUT2D eigenvalue weighted by Gasteiger charge is -2.17. The predicted molar refractivity (Wildman–Crippen MR) is 61.1 cm³/mol. The van der Waals surface area contributed by atoms with Gasteiger partial charge >= 0.3 is 0 Å². The van der Waals surface area contributed by atoms with Gasteiger partial charge in [0.2, 0.25) is 10.0 Å². The summed E-state index contributed by atoms with van der Waals surface area (Å²) in [4.78, 5) is 9.83. The molecule has 0 aliphatic rings. The summed E-state index contributed by atoms with van der Waals surface area (Å²) < 4.78 is 23.7. The molecular weight excluding hydrogens is 256 g/mol. The second kappa shape index (κ2) is 4.67. The molecule has 0 N–H and O–H groups in total. The first-order chi connectivity index (χ1) is 7.38. The quantitative estimate of drug-likeness (QED) is 0.469. The van der Waals surface area contributed by atoms with E-state index in [-0.39, 0.29) is 5.69 Å². The van der Waals surface area contributed by atoms with Crippen LogP contribution in [0.25, 0.3) is 0 Å². The first-order valence-corrected chi connectivity index (χ1v) is 6.30. The first kappa shape index (κ1) is 12.7. The fraction of sp³-hybridized carbons (Fsp3) is 0.250. The normalized spacial score (nSPS) is 11.1. The third kappa shape index (κ3) is 2.61. The summed E-state index contributed by atoms with van der Waals surface area (Å²) >= 11 is 5.28. The van der Waals surface area contributed by atoms with E-state index in [1.54, 1.807) is 0 Å². The van der Waals surface area contributed by atoms with Gasteiger partial charge in [-0.25, -0.2) is 8.42 Å².